The summed E-state index contributed by atoms with van der Waals surface area (Å²) in [6, 6.07) is 15.1. The first kappa shape index (κ1) is 15.6. The predicted octanol–water partition coefficient (Wildman–Crippen LogP) is 6.65. The average molecular weight is 352 g/mol. The zero-order valence-electron chi connectivity index (χ0n) is 12.2. The molecule has 106 valence electrons. The molecule has 0 nitrogen and oxygen atoms in total. The van der Waals surface area contributed by atoms with Crippen molar-refractivity contribution >= 4 is 27.5 Å². The van der Waals surface area contributed by atoms with Crippen LogP contribution in [-0.4, -0.2) is 0 Å². The van der Waals surface area contributed by atoms with E-state index in [1.54, 1.807) is 0 Å². The smallest absolute Gasteiger partial charge is 0.0645 e. The first-order chi connectivity index (χ1) is 9.51. The predicted molar refractivity (Wildman–Crippen MR) is 92.1 cm³/mol. The van der Waals surface area contributed by atoms with Crippen LogP contribution in [0.3, 0.4) is 0 Å². The molecule has 0 radical (unpaired) electrons. The third-order valence-electron chi connectivity index (χ3n) is 3.77. The Balaban J connectivity index is 2.26. The van der Waals surface area contributed by atoms with Gasteiger partial charge in [0.1, 0.15) is 0 Å². The standard InChI is InChI=1S/C18H20BrCl/c1-4-13(3)14-5-7-15(8-6-14)18(19)16-9-12(2)10-17(20)11-16/h5-11,13,18H,4H2,1-3H3. The molecule has 0 N–H and O–H groups in total. The minimum atomic E-state index is 0.186. The molecule has 0 fully saturated rings. The van der Waals surface area contributed by atoms with Crippen LogP contribution < -0.4 is 0 Å². The fourth-order valence-corrected chi connectivity index (χ4v) is 3.20. The number of benzene rings is 2. The van der Waals surface area contributed by atoms with Gasteiger partial charge in [0.25, 0.3) is 0 Å². The molecule has 2 aromatic carbocycles. The fourth-order valence-electron chi connectivity index (χ4n) is 2.33. The van der Waals surface area contributed by atoms with Crippen LogP contribution in [0.1, 0.15) is 53.3 Å². The van der Waals surface area contributed by atoms with Gasteiger partial charge in [-0.25, -0.2) is 0 Å². The molecule has 0 aliphatic carbocycles. The second-order valence-electron chi connectivity index (χ2n) is 5.40. The Morgan fingerprint density at radius 3 is 2.15 bits per heavy atom. The van der Waals surface area contributed by atoms with Crippen LogP contribution >= 0.6 is 27.5 Å². The van der Waals surface area contributed by atoms with Gasteiger partial charge < -0.3 is 0 Å². The monoisotopic (exact) mass is 350 g/mol. The van der Waals surface area contributed by atoms with E-state index in [4.69, 9.17) is 11.6 Å². The van der Waals surface area contributed by atoms with E-state index in [2.05, 4.69) is 67.0 Å². The first-order valence-electron chi connectivity index (χ1n) is 7.02. The lowest BCUT2D eigenvalue weighted by Gasteiger charge is -2.14. The average Bonchev–Trinajstić information content (AvgIpc) is 2.45. The molecule has 2 rings (SSSR count). The van der Waals surface area contributed by atoms with Gasteiger partial charge in [0.15, 0.2) is 0 Å². The van der Waals surface area contributed by atoms with Crippen molar-refractivity contribution in [3.05, 3.63) is 69.7 Å². The number of hydrogen-bond acceptors (Lipinski definition) is 0. The highest BCUT2D eigenvalue weighted by atomic mass is 79.9. The Hall–Kier alpha value is -0.790. The van der Waals surface area contributed by atoms with Crippen molar-refractivity contribution in [1.29, 1.82) is 0 Å². The van der Waals surface area contributed by atoms with Crippen molar-refractivity contribution in [1.82, 2.24) is 0 Å². The molecule has 0 saturated heterocycles. The lowest BCUT2D eigenvalue weighted by atomic mass is 9.96. The van der Waals surface area contributed by atoms with E-state index in [0.29, 0.717) is 5.92 Å². The summed E-state index contributed by atoms with van der Waals surface area (Å²) in [5.41, 5.74) is 5.05. The summed E-state index contributed by atoms with van der Waals surface area (Å²) in [6.45, 7) is 6.56. The van der Waals surface area contributed by atoms with Gasteiger partial charge in [-0.15, -0.1) is 0 Å². The summed E-state index contributed by atoms with van der Waals surface area (Å²) in [7, 11) is 0. The van der Waals surface area contributed by atoms with Gasteiger partial charge >= 0.3 is 0 Å². The van der Waals surface area contributed by atoms with E-state index < -0.39 is 0 Å². The quantitative estimate of drug-likeness (QED) is 0.541. The molecule has 2 atom stereocenters. The number of halogens is 2. The Bertz CT molecular complexity index is 554. The van der Waals surface area contributed by atoms with Gasteiger partial charge in [0.05, 0.1) is 4.83 Å². The molecule has 0 heterocycles. The van der Waals surface area contributed by atoms with E-state index in [-0.39, 0.29) is 4.83 Å². The molecule has 0 spiro atoms. The van der Waals surface area contributed by atoms with Crippen LogP contribution in [0.2, 0.25) is 5.02 Å². The molecule has 0 bridgehead atoms. The Labute approximate surface area is 135 Å². The van der Waals surface area contributed by atoms with E-state index in [9.17, 15) is 0 Å². The van der Waals surface area contributed by atoms with Crippen LogP contribution in [0, 0.1) is 6.92 Å². The largest absolute Gasteiger partial charge is 0.0843 e. The number of hydrogen-bond donors (Lipinski definition) is 0. The maximum Gasteiger partial charge on any atom is 0.0645 e. The van der Waals surface area contributed by atoms with Gasteiger partial charge in [-0.1, -0.05) is 71.7 Å². The zero-order chi connectivity index (χ0) is 14.7. The van der Waals surface area contributed by atoms with Crippen molar-refractivity contribution in [3.63, 3.8) is 0 Å². The van der Waals surface area contributed by atoms with Crippen molar-refractivity contribution in [3.8, 4) is 0 Å². The minimum Gasteiger partial charge on any atom is -0.0843 e. The summed E-state index contributed by atoms with van der Waals surface area (Å²) in [6.07, 6.45) is 1.17. The Morgan fingerprint density at radius 1 is 1.00 bits per heavy atom. The van der Waals surface area contributed by atoms with E-state index in [0.717, 1.165) is 5.02 Å². The van der Waals surface area contributed by atoms with Crippen LogP contribution in [-0.2, 0) is 0 Å². The number of rotatable bonds is 4. The van der Waals surface area contributed by atoms with E-state index in [1.165, 1.54) is 28.7 Å². The molecule has 20 heavy (non-hydrogen) atoms. The molecule has 2 aromatic rings. The second-order valence-corrected chi connectivity index (χ2v) is 6.75. The highest BCUT2D eigenvalue weighted by molar-refractivity contribution is 9.09. The number of alkyl halides is 1. The summed E-state index contributed by atoms with van der Waals surface area (Å²) >= 11 is 9.93. The van der Waals surface area contributed by atoms with Crippen molar-refractivity contribution < 1.29 is 0 Å². The summed E-state index contributed by atoms with van der Waals surface area (Å²) < 4.78 is 0. The normalized spacial score (nSPS) is 14.1. The lowest BCUT2D eigenvalue weighted by molar-refractivity contribution is 0.733. The van der Waals surface area contributed by atoms with Crippen LogP contribution in [0.5, 0.6) is 0 Å². The summed E-state index contributed by atoms with van der Waals surface area (Å²) in [4.78, 5) is 0.186. The second kappa shape index (κ2) is 6.78. The molecule has 0 amide bonds. The van der Waals surface area contributed by atoms with Crippen molar-refractivity contribution in [2.24, 2.45) is 0 Å². The van der Waals surface area contributed by atoms with Gasteiger partial charge in [-0.3, -0.25) is 0 Å². The van der Waals surface area contributed by atoms with Crippen LogP contribution in [0.15, 0.2) is 42.5 Å². The van der Waals surface area contributed by atoms with E-state index >= 15 is 0 Å². The summed E-state index contributed by atoms with van der Waals surface area (Å²) in [5, 5.41) is 0.792. The van der Waals surface area contributed by atoms with Crippen molar-refractivity contribution in [2.45, 2.75) is 37.9 Å². The van der Waals surface area contributed by atoms with Gasteiger partial charge in [-0.2, -0.15) is 0 Å². The molecular weight excluding hydrogens is 332 g/mol. The Kier molecular flexibility index (Phi) is 5.29. The molecule has 0 aromatic heterocycles. The SMILES string of the molecule is CCC(C)c1ccc(C(Br)c2cc(C)cc(Cl)c2)cc1. The Morgan fingerprint density at radius 2 is 1.60 bits per heavy atom. The molecular formula is C18H20BrCl. The lowest BCUT2D eigenvalue weighted by Crippen LogP contribution is -1.96. The molecule has 2 unspecified atom stereocenters. The first-order valence-corrected chi connectivity index (χ1v) is 8.31. The van der Waals surface area contributed by atoms with Gasteiger partial charge in [0.2, 0.25) is 0 Å². The topological polar surface area (TPSA) is 0 Å². The third-order valence-corrected chi connectivity index (χ3v) is 5.04. The van der Waals surface area contributed by atoms with Crippen LogP contribution in [0.25, 0.3) is 0 Å². The zero-order valence-corrected chi connectivity index (χ0v) is 14.5. The molecule has 0 aliphatic heterocycles. The number of aryl methyl sites for hydroxylation is 1. The third kappa shape index (κ3) is 3.65. The molecule has 2 heteroatoms. The maximum atomic E-state index is 6.15. The van der Waals surface area contributed by atoms with Gasteiger partial charge in [0, 0.05) is 5.02 Å². The minimum absolute atomic E-state index is 0.186. The highest BCUT2D eigenvalue weighted by Crippen LogP contribution is 2.33. The van der Waals surface area contributed by atoms with Crippen LogP contribution in [0.4, 0.5) is 0 Å². The van der Waals surface area contributed by atoms with Gasteiger partial charge in [-0.05, 0) is 53.6 Å². The summed E-state index contributed by atoms with van der Waals surface area (Å²) in [5.74, 6) is 0.617. The molecule has 0 saturated carbocycles. The van der Waals surface area contributed by atoms with E-state index in [1.807, 2.05) is 12.1 Å². The fraction of sp³-hybridized carbons (Fsp3) is 0.333. The molecule has 0 aliphatic rings. The maximum absolute atomic E-state index is 6.15. The highest BCUT2D eigenvalue weighted by Gasteiger charge is 2.12. The van der Waals surface area contributed by atoms with Crippen molar-refractivity contribution in [2.75, 3.05) is 0 Å².